The van der Waals surface area contributed by atoms with Crippen LogP contribution in [-0.4, -0.2) is 39.7 Å². The summed E-state index contributed by atoms with van der Waals surface area (Å²) in [4.78, 5) is 12.1. The number of methoxy groups -OCH3 is 1. The second kappa shape index (κ2) is 8.38. The van der Waals surface area contributed by atoms with Gasteiger partial charge in [-0.05, 0) is 37.8 Å². The zero-order chi connectivity index (χ0) is 17.6. The molecule has 0 spiro atoms. The summed E-state index contributed by atoms with van der Waals surface area (Å²) in [5.74, 6) is 1.51. The fraction of sp³-hybridized carbons (Fsp3) is 0.500. The molecule has 25 heavy (non-hydrogen) atoms. The Balaban J connectivity index is 1.62. The van der Waals surface area contributed by atoms with Crippen molar-refractivity contribution >= 4 is 17.7 Å². The highest BCUT2D eigenvalue weighted by atomic mass is 32.2. The largest absolute Gasteiger partial charge is 0.496 e. The van der Waals surface area contributed by atoms with Gasteiger partial charge >= 0.3 is 5.97 Å². The molecule has 2 aromatic rings. The van der Waals surface area contributed by atoms with Gasteiger partial charge in [-0.2, -0.15) is 0 Å². The molecule has 0 radical (unpaired) electrons. The monoisotopic (exact) mass is 361 g/mol. The molecule has 1 heterocycles. The first-order chi connectivity index (χ1) is 12.2. The van der Waals surface area contributed by atoms with Crippen LogP contribution in [0.25, 0.3) is 11.4 Å². The van der Waals surface area contributed by atoms with Gasteiger partial charge in [0.25, 0.3) is 0 Å². The molecule has 134 valence electrons. The minimum absolute atomic E-state index is 0.0884. The molecule has 6 nitrogen and oxygen atoms in total. The molecule has 1 aliphatic rings. The van der Waals surface area contributed by atoms with Crippen LogP contribution in [0.2, 0.25) is 0 Å². The topological polar surface area (TPSA) is 66.2 Å². The number of hydrogen-bond donors (Lipinski definition) is 0. The van der Waals surface area contributed by atoms with Crippen molar-refractivity contribution in [2.75, 3.05) is 12.9 Å². The smallest absolute Gasteiger partial charge is 0.316 e. The van der Waals surface area contributed by atoms with Gasteiger partial charge < -0.3 is 14.0 Å². The molecule has 0 bridgehead atoms. The maximum atomic E-state index is 12.1. The van der Waals surface area contributed by atoms with Crippen molar-refractivity contribution in [1.82, 2.24) is 14.8 Å². The molecule has 0 unspecified atom stereocenters. The second-order valence-corrected chi connectivity index (χ2v) is 7.05. The van der Waals surface area contributed by atoms with Crippen LogP contribution in [0.5, 0.6) is 5.75 Å². The summed E-state index contributed by atoms with van der Waals surface area (Å²) in [7, 11) is 3.52. The molecule has 1 aromatic heterocycles. The Kier molecular flexibility index (Phi) is 5.96. The Morgan fingerprint density at radius 1 is 1.24 bits per heavy atom. The lowest BCUT2D eigenvalue weighted by Gasteiger charge is -2.21. The molecule has 0 saturated heterocycles. The van der Waals surface area contributed by atoms with Crippen molar-refractivity contribution in [3.05, 3.63) is 24.3 Å². The van der Waals surface area contributed by atoms with E-state index in [1.54, 1.807) is 7.11 Å². The van der Waals surface area contributed by atoms with Gasteiger partial charge in [-0.3, -0.25) is 4.79 Å². The summed E-state index contributed by atoms with van der Waals surface area (Å²) < 4.78 is 12.8. The second-order valence-electron chi connectivity index (χ2n) is 6.10. The van der Waals surface area contributed by atoms with E-state index in [0.717, 1.165) is 37.0 Å². The number of rotatable bonds is 6. The fourth-order valence-electron chi connectivity index (χ4n) is 3.03. The van der Waals surface area contributed by atoms with Gasteiger partial charge in [0, 0.05) is 7.05 Å². The van der Waals surface area contributed by atoms with Crippen molar-refractivity contribution < 1.29 is 14.3 Å². The molecular formula is C18H23N3O3S. The summed E-state index contributed by atoms with van der Waals surface area (Å²) in [6.45, 7) is 0. The molecule has 3 rings (SSSR count). The average Bonchev–Trinajstić information content (AvgIpc) is 3.01. The first-order valence-electron chi connectivity index (χ1n) is 8.54. The molecule has 0 aliphatic heterocycles. The summed E-state index contributed by atoms with van der Waals surface area (Å²) in [5, 5.41) is 9.13. The van der Waals surface area contributed by atoms with Gasteiger partial charge in [-0.1, -0.05) is 30.3 Å². The number of para-hydroxylation sites is 1. The normalized spacial score (nSPS) is 15.1. The summed E-state index contributed by atoms with van der Waals surface area (Å²) >= 11 is 1.35. The zero-order valence-electron chi connectivity index (χ0n) is 14.6. The van der Waals surface area contributed by atoms with Gasteiger partial charge in [0.2, 0.25) is 0 Å². The van der Waals surface area contributed by atoms with Gasteiger partial charge in [0.05, 0.1) is 18.4 Å². The van der Waals surface area contributed by atoms with Gasteiger partial charge in [-0.15, -0.1) is 10.2 Å². The minimum Gasteiger partial charge on any atom is -0.496 e. The van der Waals surface area contributed by atoms with E-state index in [2.05, 4.69) is 10.2 Å². The number of esters is 1. The van der Waals surface area contributed by atoms with Crippen LogP contribution in [-0.2, 0) is 16.6 Å². The molecule has 0 N–H and O–H groups in total. The van der Waals surface area contributed by atoms with E-state index < -0.39 is 0 Å². The Morgan fingerprint density at radius 3 is 2.76 bits per heavy atom. The Bertz CT molecular complexity index is 726. The number of ether oxygens (including phenoxy) is 2. The Labute approximate surface area is 151 Å². The molecule has 7 heteroatoms. The third-order valence-electron chi connectivity index (χ3n) is 4.35. The van der Waals surface area contributed by atoms with E-state index in [4.69, 9.17) is 9.47 Å². The van der Waals surface area contributed by atoms with E-state index in [1.165, 1.54) is 18.2 Å². The van der Waals surface area contributed by atoms with Crippen LogP contribution >= 0.6 is 11.8 Å². The number of carbonyl (C=O) groups is 1. The quantitative estimate of drug-likeness (QED) is 0.580. The first kappa shape index (κ1) is 17.8. The van der Waals surface area contributed by atoms with Crippen molar-refractivity contribution in [1.29, 1.82) is 0 Å². The predicted octanol–water partition coefficient (Wildman–Crippen LogP) is 3.46. The molecule has 1 fully saturated rings. The van der Waals surface area contributed by atoms with Crippen LogP contribution in [0.1, 0.15) is 32.1 Å². The molecule has 0 amide bonds. The van der Waals surface area contributed by atoms with Gasteiger partial charge in [0.1, 0.15) is 11.9 Å². The van der Waals surface area contributed by atoms with Crippen LogP contribution in [0, 0.1) is 0 Å². The summed E-state index contributed by atoms with van der Waals surface area (Å²) in [6, 6.07) is 7.67. The Morgan fingerprint density at radius 2 is 2.00 bits per heavy atom. The van der Waals surface area contributed by atoms with E-state index >= 15 is 0 Å². The van der Waals surface area contributed by atoms with Crippen molar-refractivity contribution in [3.8, 4) is 17.1 Å². The molecular weight excluding hydrogens is 338 g/mol. The summed E-state index contributed by atoms with van der Waals surface area (Å²) in [6.07, 6.45) is 5.60. The third-order valence-corrected chi connectivity index (χ3v) is 5.35. The minimum atomic E-state index is -0.182. The number of hydrogen-bond acceptors (Lipinski definition) is 6. The van der Waals surface area contributed by atoms with Crippen LogP contribution < -0.4 is 4.74 Å². The Hall–Kier alpha value is -2.02. The van der Waals surface area contributed by atoms with Crippen molar-refractivity contribution in [2.24, 2.45) is 7.05 Å². The van der Waals surface area contributed by atoms with Crippen molar-refractivity contribution in [3.63, 3.8) is 0 Å². The number of aromatic nitrogens is 3. The lowest BCUT2D eigenvalue weighted by Crippen LogP contribution is -2.22. The summed E-state index contributed by atoms with van der Waals surface area (Å²) in [5.41, 5.74) is 0.872. The lowest BCUT2D eigenvalue weighted by molar-refractivity contribution is -0.147. The van der Waals surface area contributed by atoms with E-state index in [0.29, 0.717) is 11.0 Å². The van der Waals surface area contributed by atoms with Crippen LogP contribution in [0.15, 0.2) is 29.4 Å². The first-order valence-corrected chi connectivity index (χ1v) is 9.52. The SMILES string of the molecule is COc1ccccc1-c1nnc(SCC(=O)OC2CCCCC2)n1C. The highest BCUT2D eigenvalue weighted by molar-refractivity contribution is 7.99. The van der Waals surface area contributed by atoms with Crippen molar-refractivity contribution in [2.45, 2.75) is 43.4 Å². The highest BCUT2D eigenvalue weighted by Gasteiger charge is 2.19. The van der Waals surface area contributed by atoms with Gasteiger partial charge in [0.15, 0.2) is 11.0 Å². The molecule has 1 aliphatic carbocycles. The van der Waals surface area contributed by atoms with Crippen LogP contribution in [0.4, 0.5) is 0 Å². The predicted molar refractivity (Wildman–Crippen MR) is 96.7 cm³/mol. The lowest BCUT2D eigenvalue weighted by atomic mass is 9.98. The maximum absolute atomic E-state index is 12.1. The number of nitrogens with zero attached hydrogens (tertiary/aromatic N) is 3. The van der Waals surface area contributed by atoms with E-state index in [-0.39, 0.29) is 17.8 Å². The standard InChI is InChI=1S/C18H23N3O3S/c1-21-17(14-10-6-7-11-15(14)23-2)19-20-18(21)25-12-16(22)24-13-8-4-3-5-9-13/h6-7,10-11,13H,3-5,8-9,12H2,1-2H3. The van der Waals surface area contributed by atoms with Gasteiger partial charge in [-0.25, -0.2) is 0 Å². The molecule has 1 aromatic carbocycles. The molecule has 1 saturated carbocycles. The zero-order valence-corrected chi connectivity index (χ0v) is 15.4. The average molecular weight is 361 g/mol. The van der Waals surface area contributed by atoms with E-state index in [1.807, 2.05) is 35.9 Å². The fourth-order valence-corrected chi connectivity index (χ4v) is 3.72. The molecule has 0 atom stereocenters. The number of thioether (sulfide) groups is 1. The third kappa shape index (κ3) is 4.34. The highest BCUT2D eigenvalue weighted by Crippen LogP contribution is 2.30. The maximum Gasteiger partial charge on any atom is 0.316 e. The van der Waals surface area contributed by atoms with E-state index in [9.17, 15) is 4.79 Å². The number of carbonyl (C=O) groups excluding carboxylic acids is 1. The van der Waals surface area contributed by atoms with Crippen LogP contribution in [0.3, 0.4) is 0 Å². The number of benzene rings is 1.